The maximum atomic E-state index is 12.1. The van der Waals surface area contributed by atoms with Crippen LogP contribution in [0.1, 0.15) is 28.9 Å². The van der Waals surface area contributed by atoms with Crippen molar-refractivity contribution < 1.29 is 23.1 Å². The van der Waals surface area contributed by atoms with Crippen molar-refractivity contribution >= 4 is 38.5 Å². The highest BCUT2D eigenvalue weighted by molar-refractivity contribution is 7.92. The number of aromatic nitrogens is 4. The Morgan fingerprint density at radius 2 is 1.97 bits per heavy atom. The van der Waals surface area contributed by atoms with Crippen molar-refractivity contribution in [1.29, 1.82) is 0 Å². The van der Waals surface area contributed by atoms with Gasteiger partial charge < -0.3 is 14.4 Å². The standard InChI is InChI=1S/C23H25N5O5S/c1-13-21(24-19-10-16(23(29)30)11-20(33-3)28(13)19)17-9-15-7-8-18(26(2)34(4,31)32)25-22(15)27(17)12-14-5-6-14/h7-11,14H,5-6,12H2,1-4H3,(H,29,30). The molecule has 0 radical (unpaired) electrons. The molecule has 0 aromatic carbocycles. The van der Waals surface area contributed by atoms with Crippen LogP contribution in [0, 0.1) is 12.8 Å². The quantitative estimate of drug-likeness (QED) is 0.429. The molecule has 1 saturated carbocycles. The smallest absolute Gasteiger partial charge is 0.336 e. The summed E-state index contributed by atoms with van der Waals surface area (Å²) in [4.78, 5) is 21.1. The minimum atomic E-state index is -3.45. The van der Waals surface area contributed by atoms with E-state index in [2.05, 4.69) is 4.57 Å². The number of pyridine rings is 2. The van der Waals surface area contributed by atoms with E-state index in [0.29, 0.717) is 34.6 Å². The topological polar surface area (TPSA) is 119 Å². The van der Waals surface area contributed by atoms with Gasteiger partial charge in [0.05, 0.1) is 30.3 Å². The molecule has 4 aromatic heterocycles. The average molecular weight is 484 g/mol. The number of sulfonamides is 1. The monoisotopic (exact) mass is 483 g/mol. The van der Waals surface area contributed by atoms with E-state index in [9.17, 15) is 18.3 Å². The zero-order valence-corrected chi connectivity index (χ0v) is 20.1. The van der Waals surface area contributed by atoms with Crippen molar-refractivity contribution in [2.24, 2.45) is 5.92 Å². The number of methoxy groups -OCH3 is 1. The molecule has 1 N–H and O–H groups in total. The van der Waals surface area contributed by atoms with E-state index >= 15 is 0 Å². The third-order valence-electron chi connectivity index (χ3n) is 6.30. The van der Waals surface area contributed by atoms with Crippen molar-refractivity contribution in [3.05, 3.63) is 41.6 Å². The van der Waals surface area contributed by atoms with Crippen LogP contribution in [0.15, 0.2) is 30.3 Å². The van der Waals surface area contributed by atoms with Crippen molar-refractivity contribution in [3.63, 3.8) is 0 Å². The lowest BCUT2D eigenvalue weighted by Gasteiger charge is -2.16. The molecular formula is C23H25N5O5S. The summed E-state index contributed by atoms with van der Waals surface area (Å²) in [5, 5.41) is 10.4. The molecule has 10 nitrogen and oxygen atoms in total. The molecule has 0 unspecified atom stereocenters. The minimum absolute atomic E-state index is 0.0922. The maximum Gasteiger partial charge on any atom is 0.336 e. The highest BCUT2D eigenvalue weighted by atomic mass is 32.2. The first kappa shape index (κ1) is 22.2. The number of nitrogens with zero attached hydrogens (tertiary/aromatic N) is 5. The minimum Gasteiger partial charge on any atom is -0.482 e. The van der Waals surface area contributed by atoms with Crippen molar-refractivity contribution in [2.45, 2.75) is 26.3 Å². The zero-order chi connectivity index (χ0) is 24.4. The van der Waals surface area contributed by atoms with Gasteiger partial charge >= 0.3 is 5.97 Å². The number of hydrogen-bond donors (Lipinski definition) is 1. The molecule has 4 heterocycles. The summed E-state index contributed by atoms with van der Waals surface area (Å²) in [6.45, 7) is 2.65. The summed E-state index contributed by atoms with van der Waals surface area (Å²) in [6, 6.07) is 8.54. The largest absolute Gasteiger partial charge is 0.482 e. The molecule has 0 aliphatic heterocycles. The Bertz CT molecular complexity index is 1570. The average Bonchev–Trinajstić information content (AvgIpc) is 3.46. The Kier molecular flexibility index (Phi) is 5.05. The van der Waals surface area contributed by atoms with Gasteiger partial charge in [0, 0.05) is 25.0 Å². The number of imidazole rings is 1. The van der Waals surface area contributed by atoms with E-state index in [1.54, 1.807) is 10.5 Å². The van der Waals surface area contributed by atoms with E-state index in [1.807, 2.05) is 19.1 Å². The number of ether oxygens (including phenoxy) is 1. The summed E-state index contributed by atoms with van der Waals surface area (Å²) < 4.78 is 34.6. The predicted molar refractivity (Wildman–Crippen MR) is 128 cm³/mol. The van der Waals surface area contributed by atoms with Crippen LogP contribution < -0.4 is 9.04 Å². The summed E-state index contributed by atoms with van der Waals surface area (Å²) in [6.07, 6.45) is 3.40. The summed E-state index contributed by atoms with van der Waals surface area (Å²) in [5.41, 5.74) is 3.58. The number of carboxylic acid groups (broad SMARTS) is 1. The second-order valence-corrected chi connectivity index (χ2v) is 10.7. The Morgan fingerprint density at radius 1 is 1.24 bits per heavy atom. The van der Waals surface area contributed by atoms with Crippen LogP contribution in [0.2, 0.25) is 0 Å². The fourth-order valence-corrected chi connectivity index (χ4v) is 4.64. The first-order valence-electron chi connectivity index (χ1n) is 10.8. The molecule has 34 heavy (non-hydrogen) atoms. The van der Waals surface area contributed by atoms with Gasteiger partial charge in [-0.25, -0.2) is 23.2 Å². The van der Waals surface area contributed by atoms with E-state index < -0.39 is 16.0 Å². The van der Waals surface area contributed by atoms with Crippen LogP contribution >= 0.6 is 0 Å². The van der Waals surface area contributed by atoms with Crippen molar-refractivity contribution in [1.82, 2.24) is 18.9 Å². The van der Waals surface area contributed by atoms with Crippen LogP contribution in [0.25, 0.3) is 28.1 Å². The molecule has 4 aromatic rings. The van der Waals surface area contributed by atoms with Gasteiger partial charge in [0.1, 0.15) is 22.8 Å². The first-order valence-corrected chi connectivity index (χ1v) is 12.7. The third-order valence-corrected chi connectivity index (χ3v) is 7.49. The van der Waals surface area contributed by atoms with Gasteiger partial charge in [0.15, 0.2) is 5.88 Å². The van der Waals surface area contributed by atoms with Gasteiger partial charge in [-0.1, -0.05) is 0 Å². The van der Waals surface area contributed by atoms with Gasteiger partial charge in [-0.2, -0.15) is 0 Å². The number of hydrogen-bond acceptors (Lipinski definition) is 6. The van der Waals surface area contributed by atoms with Crippen LogP contribution in [0.4, 0.5) is 5.82 Å². The SMILES string of the molecule is COc1cc(C(=O)O)cc2nc(-c3cc4ccc(N(C)S(C)(=O)=O)nc4n3CC3CC3)c(C)n12. The second-order valence-electron chi connectivity index (χ2n) is 8.73. The molecule has 0 bridgehead atoms. The molecule has 5 rings (SSSR count). The molecule has 1 fully saturated rings. The lowest BCUT2D eigenvalue weighted by molar-refractivity contribution is 0.0696. The number of anilines is 1. The molecule has 0 saturated heterocycles. The Labute approximate surface area is 196 Å². The van der Waals surface area contributed by atoms with Crippen molar-refractivity contribution in [2.75, 3.05) is 24.7 Å². The van der Waals surface area contributed by atoms with Crippen LogP contribution in [-0.4, -0.2) is 58.8 Å². The maximum absolute atomic E-state index is 12.1. The highest BCUT2D eigenvalue weighted by Crippen LogP contribution is 2.37. The fraction of sp³-hybridized carbons (Fsp3) is 0.348. The number of aryl methyl sites for hydroxylation is 1. The highest BCUT2D eigenvalue weighted by Gasteiger charge is 2.27. The summed E-state index contributed by atoms with van der Waals surface area (Å²) >= 11 is 0. The normalized spacial score (nSPS) is 14.1. The summed E-state index contributed by atoms with van der Waals surface area (Å²) in [5.74, 6) is 0.192. The van der Waals surface area contributed by atoms with E-state index in [4.69, 9.17) is 14.7 Å². The van der Waals surface area contributed by atoms with Gasteiger partial charge in [0.2, 0.25) is 10.0 Å². The molecule has 178 valence electrons. The summed E-state index contributed by atoms with van der Waals surface area (Å²) in [7, 11) is -0.476. The molecule has 0 amide bonds. The second kappa shape index (κ2) is 7.73. The fourth-order valence-electron chi connectivity index (χ4n) is 4.20. The number of rotatable bonds is 7. The Balaban J connectivity index is 1.74. The van der Waals surface area contributed by atoms with E-state index in [-0.39, 0.29) is 5.56 Å². The molecular weight excluding hydrogens is 458 g/mol. The number of fused-ring (bicyclic) bond motifs is 2. The van der Waals surface area contributed by atoms with E-state index in [1.165, 1.54) is 26.3 Å². The number of carbonyl (C=O) groups is 1. The van der Waals surface area contributed by atoms with Gasteiger partial charge in [-0.05, 0) is 49.9 Å². The van der Waals surface area contributed by atoms with Crippen LogP contribution in [0.3, 0.4) is 0 Å². The zero-order valence-electron chi connectivity index (χ0n) is 19.3. The number of carboxylic acids is 1. The third kappa shape index (κ3) is 3.65. The van der Waals surface area contributed by atoms with Gasteiger partial charge in [-0.15, -0.1) is 0 Å². The lowest BCUT2D eigenvalue weighted by atomic mass is 10.2. The van der Waals surface area contributed by atoms with Gasteiger partial charge in [-0.3, -0.25) is 8.71 Å². The lowest BCUT2D eigenvalue weighted by Crippen LogP contribution is -2.25. The predicted octanol–water partition coefficient (Wildman–Crippen LogP) is 3.17. The molecule has 1 aliphatic carbocycles. The van der Waals surface area contributed by atoms with E-state index in [0.717, 1.165) is 46.7 Å². The number of aromatic carboxylic acids is 1. The molecule has 11 heteroatoms. The first-order chi connectivity index (χ1) is 16.1. The van der Waals surface area contributed by atoms with Crippen LogP contribution in [-0.2, 0) is 16.6 Å². The van der Waals surface area contributed by atoms with Crippen LogP contribution in [0.5, 0.6) is 5.88 Å². The molecule has 0 atom stereocenters. The Morgan fingerprint density at radius 3 is 2.59 bits per heavy atom. The Hall–Kier alpha value is -3.60. The molecule has 0 spiro atoms. The molecule has 1 aliphatic rings. The van der Waals surface area contributed by atoms with Crippen molar-refractivity contribution in [3.8, 4) is 17.3 Å². The van der Waals surface area contributed by atoms with Gasteiger partial charge in [0.25, 0.3) is 0 Å².